The van der Waals surface area contributed by atoms with Crippen molar-refractivity contribution in [1.82, 2.24) is 15.5 Å². The molecule has 2 N–H and O–H groups in total. The van der Waals surface area contributed by atoms with Gasteiger partial charge in [-0.1, -0.05) is 18.2 Å². The molecular weight excluding hydrogens is 342 g/mol. The molecule has 1 aliphatic rings. The van der Waals surface area contributed by atoms with Crippen LogP contribution in [0.15, 0.2) is 30.3 Å². The van der Waals surface area contributed by atoms with Crippen LogP contribution in [-0.4, -0.2) is 56.5 Å². The number of likely N-dealkylation sites (tertiary alicyclic amines) is 1. The fraction of sp³-hybridized carbons (Fsp3) is 0.556. The van der Waals surface area contributed by atoms with Gasteiger partial charge in [-0.25, -0.2) is 0 Å². The molecule has 2 rings (SSSR count). The van der Waals surface area contributed by atoms with Crippen LogP contribution in [0.5, 0.6) is 5.75 Å². The van der Waals surface area contributed by atoms with Crippen LogP contribution in [0.4, 0.5) is 0 Å². The van der Waals surface area contributed by atoms with E-state index in [9.17, 15) is 9.59 Å². The van der Waals surface area contributed by atoms with Crippen LogP contribution < -0.4 is 15.4 Å². The summed E-state index contributed by atoms with van der Waals surface area (Å²) in [6.07, 6.45) is 2.36. The highest BCUT2D eigenvalue weighted by Crippen LogP contribution is 2.18. The van der Waals surface area contributed by atoms with Crippen molar-refractivity contribution < 1.29 is 14.3 Å². The Balaban J connectivity index is 0.00000312. The van der Waals surface area contributed by atoms with Crippen LogP contribution in [0, 0.1) is 5.92 Å². The smallest absolute Gasteiger partial charge is 0.260 e. The van der Waals surface area contributed by atoms with E-state index in [0.29, 0.717) is 25.4 Å². The number of halogens is 1. The standard InChI is InChI=1S/C18H27N3O3.ClH/c1-19-10-5-11-20-18(23)15-8-12-21(13-9-15)17(22)14-24-16-6-3-2-4-7-16;/h2-4,6-7,15,19H,5,8-14H2,1H3,(H,20,23);1H. The molecule has 0 bridgehead atoms. The monoisotopic (exact) mass is 369 g/mol. The zero-order chi connectivity index (χ0) is 17.2. The molecule has 1 heterocycles. The first-order valence-electron chi connectivity index (χ1n) is 8.58. The van der Waals surface area contributed by atoms with E-state index < -0.39 is 0 Å². The highest BCUT2D eigenvalue weighted by molar-refractivity contribution is 5.85. The van der Waals surface area contributed by atoms with Gasteiger partial charge in [0.05, 0.1) is 0 Å². The zero-order valence-electron chi connectivity index (χ0n) is 14.7. The van der Waals surface area contributed by atoms with Crippen molar-refractivity contribution >= 4 is 24.2 Å². The number of amides is 2. The van der Waals surface area contributed by atoms with E-state index in [-0.39, 0.29) is 36.7 Å². The Kier molecular flexibility index (Phi) is 9.96. The number of carbonyl (C=O) groups is 2. The summed E-state index contributed by atoms with van der Waals surface area (Å²) in [6.45, 7) is 2.88. The zero-order valence-corrected chi connectivity index (χ0v) is 15.5. The summed E-state index contributed by atoms with van der Waals surface area (Å²) in [5.41, 5.74) is 0. The summed E-state index contributed by atoms with van der Waals surface area (Å²) in [6, 6.07) is 9.32. The van der Waals surface area contributed by atoms with Crippen molar-refractivity contribution in [3.8, 4) is 5.75 Å². The lowest BCUT2D eigenvalue weighted by atomic mass is 9.96. The van der Waals surface area contributed by atoms with Gasteiger partial charge in [0.2, 0.25) is 5.91 Å². The Morgan fingerprint density at radius 3 is 2.48 bits per heavy atom. The van der Waals surface area contributed by atoms with Gasteiger partial charge < -0.3 is 20.3 Å². The summed E-state index contributed by atoms with van der Waals surface area (Å²) in [4.78, 5) is 26.1. The van der Waals surface area contributed by atoms with Gasteiger partial charge in [0.15, 0.2) is 6.61 Å². The first-order valence-corrected chi connectivity index (χ1v) is 8.58. The molecule has 1 aliphatic heterocycles. The van der Waals surface area contributed by atoms with Crippen molar-refractivity contribution in [3.63, 3.8) is 0 Å². The maximum atomic E-state index is 12.2. The topological polar surface area (TPSA) is 70.7 Å². The van der Waals surface area contributed by atoms with Crippen molar-refractivity contribution in [2.75, 3.05) is 39.8 Å². The second kappa shape index (κ2) is 11.7. The predicted octanol–water partition coefficient (Wildman–Crippen LogP) is 1.45. The molecule has 2 amide bonds. The Morgan fingerprint density at radius 2 is 1.84 bits per heavy atom. The Bertz CT molecular complexity index is 520. The van der Waals surface area contributed by atoms with E-state index in [1.807, 2.05) is 37.4 Å². The minimum absolute atomic E-state index is 0. The van der Waals surface area contributed by atoms with Crippen LogP contribution >= 0.6 is 12.4 Å². The summed E-state index contributed by atoms with van der Waals surface area (Å²) >= 11 is 0. The number of nitrogens with one attached hydrogen (secondary N) is 2. The highest BCUT2D eigenvalue weighted by atomic mass is 35.5. The van der Waals surface area contributed by atoms with E-state index in [0.717, 1.165) is 25.8 Å². The lowest BCUT2D eigenvalue weighted by Crippen LogP contribution is -2.44. The Labute approximate surface area is 155 Å². The number of ether oxygens (including phenoxy) is 1. The number of rotatable bonds is 8. The van der Waals surface area contributed by atoms with E-state index in [1.54, 1.807) is 4.90 Å². The number of hydrogen-bond acceptors (Lipinski definition) is 4. The summed E-state index contributed by atoms with van der Waals surface area (Å²) < 4.78 is 5.49. The Morgan fingerprint density at radius 1 is 1.16 bits per heavy atom. The average molecular weight is 370 g/mol. The van der Waals surface area contributed by atoms with Crippen LogP contribution in [-0.2, 0) is 9.59 Å². The third-order valence-corrected chi connectivity index (χ3v) is 4.23. The van der Waals surface area contributed by atoms with Crippen LogP contribution in [0.25, 0.3) is 0 Å². The van der Waals surface area contributed by atoms with Crippen molar-refractivity contribution in [3.05, 3.63) is 30.3 Å². The van der Waals surface area contributed by atoms with Crippen molar-refractivity contribution in [2.45, 2.75) is 19.3 Å². The molecule has 7 heteroatoms. The number of hydrogen-bond donors (Lipinski definition) is 2. The normalized spacial score (nSPS) is 14.5. The second-order valence-electron chi connectivity index (χ2n) is 6.00. The molecule has 140 valence electrons. The second-order valence-corrected chi connectivity index (χ2v) is 6.00. The number of nitrogens with zero attached hydrogens (tertiary/aromatic N) is 1. The molecular formula is C18H28ClN3O3. The van der Waals surface area contributed by atoms with E-state index in [4.69, 9.17) is 4.74 Å². The molecule has 1 saturated heterocycles. The third kappa shape index (κ3) is 7.32. The van der Waals surface area contributed by atoms with Gasteiger partial charge in [0, 0.05) is 25.6 Å². The molecule has 0 radical (unpaired) electrons. The molecule has 0 aromatic heterocycles. The van der Waals surface area contributed by atoms with E-state index in [1.165, 1.54) is 0 Å². The number of carbonyl (C=O) groups excluding carboxylic acids is 2. The fourth-order valence-corrected chi connectivity index (χ4v) is 2.77. The molecule has 0 aliphatic carbocycles. The first-order chi connectivity index (χ1) is 11.7. The number of benzene rings is 1. The SMILES string of the molecule is CNCCCNC(=O)C1CCN(C(=O)COc2ccccc2)CC1.Cl. The molecule has 6 nitrogen and oxygen atoms in total. The maximum absolute atomic E-state index is 12.2. The average Bonchev–Trinajstić information content (AvgIpc) is 2.64. The van der Waals surface area contributed by atoms with Gasteiger partial charge in [-0.15, -0.1) is 12.4 Å². The lowest BCUT2D eigenvalue weighted by Gasteiger charge is -2.31. The van der Waals surface area contributed by atoms with Gasteiger partial charge in [-0.05, 0) is 45.0 Å². The molecule has 1 fully saturated rings. The largest absolute Gasteiger partial charge is 0.484 e. The van der Waals surface area contributed by atoms with Gasteiger partial charge in [0.1, 0.15) is 5.75 Å². The van der Waals surface area contributed by atoms with Crippen LogP contribution in [0.3, 0.4) is 0 Å². The van der Waals surface area contributed by atoms with Gasteiger partial charge in [-0.2, -0.15) is 0 Å². The van der Waals surface area contributed by atoms with Gasteiger partial charge in [-0.3, -0.25) is 9.59 Å². The number of piperidine rings is 1. The van der Waals surface area contributed by atoms with Crippen molar-refractivity contribution in [2.24, 2.45) is 5.92 Å². The molecule has 0 saturated carbocycles. The lowest BCUT2D eigenvalue weighted by molar-refractivity contribution is -0.137. The Hall–Kier alpha value is -1.79. The van der Waals surface area contributed by atoms with E-state index in [2.05, 4.69) is 10.6 Å². The predicted molar refractivity (Wildman–Crippen MR) is 100 cm³/mol. The third-order valence-electron chi connectivity index (χ3n) is 4.23. The highest BCUT2D eigenvalue weighted by Gasteiger charge is 2.27. The minimum Gasteiger partial charge on any atom is -0.484 e. The summed E-state index contributed by atoms with van der Waals surface area (Å²) in [5, 5.41) is 6.03. The quantitative estimate of drug-likeness (QED) is 0.680. The maximum Gasteiger partial charge on any atom is 0.260 e. The molecule has 0 unspecified atom stereocenters. The molecule has 25 heavy (non-hydrogen) atoms. The molecule has 0 spiro atoms. The van der Waals surface area contributed by atoms with E-state index >= 15 is 0 Å². The molecule has 1 aromatic rings. The minimum atomic E-state index is -0.0215. The fourth-order valence-electron chi connectivity index (χ4n) is 2.77. The molecule has 1 aromatic carbocycles. The van der Waals surface area contributed by atoms with Gasteiger partial charge in [0.25, 0.3) is 5.91 Å². The van der Waals surface area contributed by atoms with Gasteiger partial charge >= 0.3 is 0 Å². The first kappa shape index (κ1) is 21.3. The summed E-state index contributed by atoms with van der Waals surface area (Å²) in [7, 11) is 1.90. The number of para-hydroxylation sites is 1. The van der Waals surface area contributed by atoms with Crippen LogP contribution in [0.2, 0.25) is 0 Å². The van der Waals surface area contributed by atoms with Crippen molar-refractivity contribution in [1.29, 1.82) is 0 Å². The molecule has 0 atom stereocenters. The van der Waals surface area contributed by atoms with Crippen LogP contribution in [0.1, 0.15) is 19.3 Å². The summed E-state index contributed by atoms with van der Waals surface area (Å²) in [5.74, 6) is 0.797.